The molecule has 5 rings (SSSR count). The van der Waals surface area contributed by atoms with Crippen molar-refractivity contribution in [2.75, 3.05) is 18.4 Å². The lowest BCUT2D eigenvalue weighted by molar-refractivity contribution is 0.102. The summed E-state index contributed by atoms with van der Waals surface area (Å²) in [6, 6.07) is 16.2. The van der Waals surface area contributed by atoms with Gasteiger partial charge in [-0.2, -0.15) is 10.2 Å². The molecule has 1 amide bonds. The summed E-state index contributed by atoms with van der Waals surface area (Å²) in [5, 5.41) is 15.1. The van der Waals surface area contributed by atoms with Gasteiger partial charge in [0.25, 0.3) is 5.91 Å². The SMILES string of the molecule is O=C(Nc1cnn(Cc2cccc(CN3CCC3)c2)c1)c1n[nH]c2ccccc12. The molecule has 0 unspecified atom stereocenters. The van der Waals surface area contributed by atoms with E-state index in [1.54, 1.807) is 6.20 Å². The van der Waals surface area contributed by atoms with Crippen LogP contribution in [0, 0.1) is 0 Å². The van der Waals surface area contributed by atoms with Crippen molar-refractivity contribution in [2.45, 2.75) is 19.5 Å². The maximum Gasteiger partial charge on any atom is 0.276 e. The number of H-pyrrole nitrogens is 1. The Morgan fingerprint density at radius 3 is 2.72 bits per heavy atom. The average Bonchev–Trinajstić information content (AvgIpc) is 3.32. The van der Waals surface area contributed by atoms with Gasteiger partial charge in [0.15, 0.2) is 5.69 Å². The molecule has 3 heterocycles. The number of benzene rings is 2. The zero-order chi connectivity index (χ0) is 19.6. The van der Waals surface area contributed by atoms with Gasteiger partial charge in [-0.25, -0.2) is 0 Å². The fourth-order valence-electron chi connectivity index (χ4n) is 3.65. The highest BCUT2D eigenvalue weighted by Gasteiger charge is 2.15. The van der Waals surface area contributed by atoms with Crippen LogP contribution in [0.2, 0.25) is 0 Å². The molecule has 0 saturated carbocycles. The lowest BCUT2D eigenvalue weighted by Gasteiger charge is -2.30. The van der Waals surface area contributed by atoms with Gasteiger partial charge in [0.2, 0.25) is 0 Å². The number of aromatic nitrogens is 4. The second-order valence-electron chi connectivity index (χ2n) is 7.45. The molecule has 1 fully saturated rings. The smallest absolute Gasteiger partial charge is 0.276 e. The van der Waals surface area contributed by atoms with Crippen LogP contribution in [0.15, 0.2) is 60.9 Å². The minimum atomic E-state index is -0.251. The summed E-state index contributed by atoms with van der Waals surface area (Å²) >= 11 is 0. The van der Waals surface area contributed by atoms with Gasteiger partial charge in [0.1, 0.15) is 0 Å². The van der Waals surface area contributed by atoms with Crippen molar-refractivity contribution in [3.05, 3.63) is 77.7 Å². The van der Waals surface area contributed by atoms with E-state index in [-0.39, 0.29) is 5.91 Å². The third-order valence-corrected chi connectivity index (χ3v) is 5.27. The van der Waals surface area contributed by atoms with Crippen LogP contribution in [-0.2, 0) is 13.1 Å². The molecule has 0 bridgehead atoms. The van der Waals surface area contributed by atoms with E-state index in [4.69, 9.17) is 0 Å². The molecule has 7 heteroatoms. The first-order valence-corrected chi connectivity index (χ1v) is 9.82. The summed E-state index contributed by atoms with van der Waals surface area (Å²) in [5.41, 5.74) is 4.40. The summed E-state index contributed by atoms with van der Waals surface area (Å²) in [6.07, 6.45) is 4.81. The number of amides is 1. The molecule has 2 N–H and O–H groups in total. The van der Waals surface area contributed by atoms with E-state index >= 15 is 0 Å². The molecule has 0 aliphatic carbocycles. The van der Waals surface area contributed by atoms with Crippen molar-refractivity contribution in [3.8, 4) is 0 Å². The predicted molar refractivity (Wildman–Crippen MR) is 112 cm³/mol. The monoisotopic (exact) mass is 386 g/mol. The van der Waals surface area contributed by atoms with Crippen LogP contribution in [0.1, 0.15) is 28.0 Å². The number of anilines is 1. The molecule has 29 heavy (non-hydrogen) atoms. The number of para-hydroxylation sites is 1. The minimum Gasteiger partial charge on any atom is -0.318 e. The lowest BCUT2D eigenvalue weighted by Crippen LogP contribution is -2.36. The predicted octanol–water partition coefficient (Wildman–Crippen LogP) is 3.27. The standard InChI is InChI=1S/C22H22N6O/c29-22(21-19-7-1-2-8-20(19)25-26-21)24-18-12-23-28(15-18)14-17-6-3-5-16(11-17)13-27-9-4-10-27/h1-3,5-8,11-12,15H,4,9-10,13-14H2,(H,24,29)(H,25,26). The van der Waals surface area contributed by atoms with Crippen molar-refractivity contribution in [1.29, 1.82) is 0 Å². The molecule has 1 saturated heterocycles. The van der Waals surface area contributed by atoms with Crippen LogP contribution in [-0.4, -0.2) is 43.9 Å². The quantitative estimate of drug-likeness (QED) is 0.533. The first kappa shape index (κ1) is 17.6. The number of hydrogen-bond acceptors (Lipinski definition) is 4. The number of nitrogens with one attached hydrogen (secondary N) is 2. The fourth-order valence-corrected chi connectivity index (χ4v) is 3.65. The van der Waals surface area contributed by atoms with Gasteiger partial charge in [-0.15, -0.1) is 0 Å². The van der Waals surface area contributed by atoms with Gasteiger partial charge in [-0.05, 0) is 36.7 Å². The van der Waals surface area contributed by atoms with Crippen molar-refractivity contribution < 1.29 is 4.79 Å². The van der Waals surface area contributed by atoms with E-state index in [0.717, 1.165) is 17.4 Å². The normalized spacial score (nSPS) is 14.1. The molecule has 4 aromatic rings. The van der Waals surface area contributed by atoms with Crippen LogP contribution < -0.4 is 5.32 Å². The van der Waals surface area contributed by atoms with E-state index in [1.165, 1.54) is 30.6 Å². The van der Waals surface area contributed by atoms with Crippen molar-refractivity contribution in [1.82, 2.24) is 24.9 Å². The Hall–Kier alpha value is -3.45. The first-order chi connectivity index (χ1) is 14.2. The van der Waals surface area contributed by atoms with Gasteiger partial charge in [0.05, 0.1) is 23.9 Å². The van der Waals surface area contributed by atoms with Crippen LogP contribution in [0.3, 0.4) is 0 Å². The molecular formula is C22H22N6O. The highest BCUT2D eigenvalue weighted by Crippen LogP contribution is 2.18. The molecule has 0 spiro atoms. The van der Waals surface area contributed by atoms with E-state index in [9.17, 15) is 4.79 Å². The lowest BCUT2D eigenvalue weighted by atomic mass is 10.1. The van der Waals surface area contributed by atoms with Crippen molar-refractivity contribution in [3.63, 3.8) is 0 Å². The molecule has 0 radical (unpaired) electrons. The van der Waals surface area contributed by atoms with Crippen LogP contribution in [0.5, 0.6) is 0 Å². The van der Waals surface area contributed by atoms with E-state index in [2.05, 4.69) is 49.8 Å². The van der Waals surface area contributed by atoms with Gasteiger partial charge in [-0.3, -0.25) is 19.5 Å². The molecule has 1 aliphatic rings. The minimum absolute atomic E-state index is 0.251. The molecule has 0 atom stereocenters. The first-order valence-electron chi connectivity index (χ1n) is 9.82. The summed E-state index contributed by atoms with van der Waals surface area (Å²) in [4.78, 5) is 15.0. The average molecular weight is 386 g/mol. The molecule has 146 valence electrons. The van der Waals surface area contributed by atoms with Crippen LogP contribution in [0.4, 0.5) is 5.69 Å². The number of aromatic amines is 1. The summed E-state index contributed by atoms with van der Waals surface area (Å²) in [7, 11) is 0. The Morgan fingerprint density at radius 1 is 1.07 bits per heavy atom. The van der Waals surface area contributed by atoms with Crippen LogP contribution in [0.25, 0.3) is 10.9 Å². The Bertz CT molecular complexity index is 1160. The number of fused-ring (bicyclic) bond motifs is 1. The van der Waals surface area contributed by atoms with Gasteiger partial charge >= 0.3 is 0 Å². The second kappa shape index (κ2) is 7.52. The maximum atomic E-state index is 12.6. The molecule has 7 nitrogen and oxygen atoms in total. The number of hydrogen-bond donors (Lipinski definition) is 2. The fraction of sp³-hybridized carbons (Fsp3) is 0.227. The molecular weight excluding hydrogens is 364 g/mol. The number of carbonyl (C=O) groups is 1. The number of nitrogens with zero attached hydrogens (tertiary/aromatic N) is 4. The van der Waals surface area contributed by atoms with Crippen molar-refractivity contribution >= 4 is 22.5 Å². The van der Waals surface area contributed by atoms with Crippen LogP contribution >= 0.6 is 0 Å². The zero-order valence-corrected chi connectivity index (χ0v) is 16.0. The zero-order valence-electron chi connectivity index (χ0n) is 16.0. The number of carbonyl (C=O) groups excluding carboxylic acids is 1. The van der Waals surface area contributed by atoms with Gasteiger partial charge in [0, 0.05) is 18.1 Å². The van der Waals surface area contributed by atoms with Gasteiger partial charge < -0.3 is 5.32 Å². The third-order valence-electron chi connectivity index (χ3n) is 5.27. The van der Waals surface area contributed by atoms with E-state index < -0.39 is 0 Å². The van der Waals surface area contributed by atoms with E-state index in [0.29, 0.717) is 17.9 Å². The topological polar surface area (TPSA) is 78.8 Å². The number of rotatable bonds is 6. The van der Waals surface area contributed by atoms with E-state index in [1.807, 2.05) is 35.1 Å². The summed E-state index contributed by atoms with van der Waals surface area (Å²) < 4.78 is 1.83. The second-order valence-corrected chi connectivity index (χ2v) is 7.45. The Balaban J connectivity index is 1.26. The highest BCUT2D eigenvalue weighted by atomic mass is 16.2. The Morgan fingerprint density at radius 2 is 1.90 bits per heavy atom. The maximum absolute atomic E-state index is 12.6. The van der Waals surface area contributed by atoms with Crippen molar-refractivity contribution in [2.24, 2.45) is 0 Å². The molecule has 2 aromatic carbocycles. The summed E-state index contributed by atoms with van der Waals surface area (Å²) in [6.45, 7) is 4.05. The highest BCUT2D eigenvalue weighted by molar-refractivity contribution is 6.10. The Labute approximate surface area is 168 Å². The summed E-state index contributed by atoms with van der Waals surface area (Å²) in [5.74, 6) is -0.251. The molecule has 2 aromatic heterocycles. The Kier molecular flexibility index (Phi) is 4.57. The number of likely N-dealkylation sites (tertiary alicyclic amines) is 1. The molecule has 1 aliphatic heterocycles. The largest absolute Gasteiger partial charge is 0.318 e. The third kappa shape index (κ3) is 3.77. The van der Waals surface area contributed by atoms with Gasteiger partial charge in [-0.1, -0.05) is 42.5 Å².